The standard InChI is InChI=1S/C20H21ClN2O2S/c1-3-11-23-17-10-5-14(4-2)12-18(17)26-20(23)22-19(24)13-25-16-8-6-15(21)7-9-16/h5-10,12H,3-4,11,13H2,1-2H3. The van der Waals surface area contributed by atoms with E-state index in [1.165, 1.54) is 5.56 Å². The molecule has 0 N–H and O–H groups in total. The molecule has 1 aromatic heterocycles. The highest BCUT2D eigenvalue weighted by Gasteiger charge is 2.09. The molecule has 0 aliphatic rings. The molecule has 3 rings (SSSR count). The van der Waals surface area contributed by atoms with Gasteiger partial charge in [0, 0.05) is 11.6 Å². The van der Waals surface area contributed by atoms with Crippen LogP contribution in [0.3, 0.4) is 0 Å². The van der Waals surface area contributed by atoms with Crippen LogP contribution in [-0.4, -0.2) is 17.1 Å². The number of halogens is 1. The Morgan fingerprint density at radius 1 is 1.19 bits per heavy atom. The van der Waals surface area contributed by atoms with Crippen LogP contribution in [0.2, 0.25) is 5.02 Å². The Morgan fingerprint density at radius 2 is 1.96 bits per heavy atom. The van der Waals surface area contributed by atoms with Crippen LogP contribution in [0.25, 0.3) is 10.2 Å². The number of ether oxygens (including phenoxy) is 1. The summed E-state index contributed by atoms with van der Waals surface area (Å²) < 4.78 is 8.77. The van der Waals surface area contributed by atoms with Gasteiger partial charge in [0.1, 0.15) is 5.75 Å². The zero-order valence-corrected chi connectivity index (χ0v) is 16.4. The van der Waals surface area contributed by atoms with Crippen LogP contribution in [0.1, 0.15) is 25.8 Å². The lowest BCUT2D eigenvalue weighted by Gasteiger charge is -2.04. The Balaban J connectivity index is 1.85. The second-order valence-electron chi connectivity index (χ2n) is 5.94. The third-order valence-electron chi connectivity index (χ3n) is 4.00. The van der Waals surface area contributed by atoms with Gasteiger partial charge in [0.25, 0.3) is 5.91 Å². The van der Waals surface area contributed by atoms with Crippen LogP contribution in [0.15, 0.2) is 47.5 Å². The van der Waals surface area contributed by atoms with Gasteiger partial charge in [0.2, 0.25) is 0 Å². The van der Waals surface area contributed by atoms with Crippen molar-refractivity contribution in [1.29, 1.82) is 0 Å². The number of benzene rings is 2. The fourth-order valence-electron chi connectivity index (χ4n) is 2.68. The van der Waals surface area contributed by atoms with Gasteiger partial charge in [-0.15, -0.1) is 0 Å². The molecule has 0 spiro atoms. The van der Waals surface area contributed by atoms with E-state index >= 15 is 0 Å². The van der Waals surface area contributed by atoms with Crippen molar-refractivity contribution in [3.05, 3.63) is 57.9 Å². The summed E-state index contributed by atoms with van der Waals surface area (Å²) in [6.45, 7) is 4.99. The largest absolute Gasteiger partial charge is 0.484 e. The van der Waals surface area contributed by atoms with Gasteiger partial charge in [-0.3, -0.25) is 4.79 Å². The smallest absolute Gasteiger partial charge is 0.286 e. The van der Waals surface area contributed by atoms with Crippen molar-refractivity contribution in [3.63, 3.8) is 0 Å². The van der Waals surface area contributed by atoms with Gasteiger partial charge in [-0.1, -0.05) is 42.9 Å². The minimum absolute atomic E-state index is 0.0950. The number of carbonyl (C=O) groups excluding carboxylic acids is 1. The van der Waals surface area contributed by atoms with Gasteiger partial charge >= 0.3 is 0 Å². The summed E-state index contributed by atoms with van der Waals surface area (Å²) in [6.07, 6.45) is 1.96. The van der Waals surface area contributed by atoms with Crippen molar-refractivity contribution >= 4 is 39.1 Å². The Bertz CT molecular complexity index is 974. The van der Waals surface area contributed by atoms with Crippen LogP contribution in [-0.2, 0) is 17.8 Å². The predicted molar refractivity (Wildman–Crippen MR) is 107 cm³/mol. The van der Waals surface area contributed by atoms with E-state index < -0.39 is 0 Å². The molecule has 0 aliphatic carbocycles. The number of fused-ring (bicyclic) bond motifs is 1. The van der Waals surface area contributed by atoms with Crippen molar-refractivity contribution in [2.24, 2.45) is 4.99 Å². The van der Waals surface area contributed by atoms with E-state index in [0.717, 1.165) is 34.4 Å². The third kappa shape index (κ3) is 4.34. The summed E-state index contributed by atoms with van der Waals surface area (Å²) in [5.74, 6) is 0.301. The van der Waals surface area contributed by atoms with E-state index in [4.69, 9.17) is 16.3 Å². The van der Waals surface area contributed by atoms with E-state index in [9.17, 15) is 4.79 Å². The first-order valence-electron chi connectivity index (χ1n) is 8.69. The molecule has 1 amide bonds. The molecule has 0 unspecified atom stereocenters. The van der Waals surface area contributed by atoms with E-state index in [1.54, 1.807) is 35.6 Å². The molecule has 3 aromatic rings. The number of aromatic nitrogens is 1. The zero-order valence-electron chi connectivity index (χ0n) is 14.9. The molecule has 0 bridgehead atoms. The second-order valence-corrected chi connectivity index (χ2v) is 7.39. The van der Waals surface area contributed by atoms with Gasteiger partial charge in [-0.25, -0.2) is 0 Å². The van der Waals surface area contributed by atoms with E-state index in [-0.39, 0.29) is 12.5 Å². The van der Waals surface area contributed by atoms with Crippen LogP contribution in [0.5, 0.6) is 5.75 Å². The van der Waals surface area contributed by atoms with Gasteiger partial charge in [-0.05, 0) is 54.8 Å². The molecule has 4 nitrogen and oxygen atoms in total. The zero-order chi connectivity index (χ0) is 18.5. The van der Waals surface area contributed by atoms with Crippen LogP contribution in [0, 0.1) is 0 Å². The maximum absolute atomic E-state index is 12.3. The summed E-state index contributed by atoms with van der Waals surface area (Å²) in [4.78, 5) is 17.3. The number of aryl methyl sites for hydroxylation is 2. The molecular formula is C20H21ClN2O2S. The fourth-order valence-corrected chi connectivity index (χ4v) is 3.94. The molecule has 0 saturated heterocycles. The number of hydrogen-bond donors (Lipinski definition) is 0. The van der Waals surface area contributed by atoms with E-state index in [2.05, 4.69) is 41.6 Å². The van der Waals surface area contributed by atoms with Crippen molar-refractivity contribution in [1.82, 2.24) is 4.57 Å². The Kier molecular flexibility index (Phi) is 6.12. The highest BCUT2D eigenvalue weighted by Crippen LogP contribution is 2.20. The summed E-state index contributed by atoms with van der Waals surface area (Å²) in [5.41, 5.74) is 2.41. The first-order chi connectivity index (χ1) is 12.6. The average Bonchev–Trinajstić information content (AvgIpc) is 2.98. The van der Waals surface area contributed by atoms with Crippen molar-refractivity contribution in [3.8, 4) is 5.75 Å². The van der Waals surface area contributed by atoms with Crippen molar-refractivity contribution in [2.75, 3.05) is 6.61 Å². The Hall–Kier alpha value is -2.11. The summed E-state index contributed by atoms with van der Waals surface area (Å²) in [7, 11) is 0. The topological polar surface area (TPSA) is 43.6 Å². The number of nitrogens with zero attached hydrogens (tertiary/aromatic N) is 2. The SMILES string of the molecule is CCCn1c(=NC(=O)COc2ccc(Cl)cc2)sc2cc(CC)ccc21. The summed E-state index contributed by atoms with van der Waals surface area (Å²) in [6, 6.07) is 13.4. The molecule has 0 fully saturated rings. The number of thiazole rings is 1. The molecule has 6 heteroatoms. The van der Waals surface area contributed by atoms with E-state index in [0.29, 0.717) is 10.8 Å². The normalized spacial score (nSPS) is 11.9. The maximum Gasteiger partial charge on any atom is 0.286 e. The van der Waals surface area contributed by atoms with E-state index in [1.807, 2.05) is 0 Å². The average molecular weight is 389 g/mol. The fraction of sp³-hybridized carbons (Fsp3) is 0.300. The highest BCUT2D eigenvalue weighted by atomic mass is 35.5. The number of carbonyl (C=O) groups is 1. The molecule has 2 aromatic carbocycles. The number of rotatable bonds is 6. The lowest BCUT2D eigenvalue weighted by molar-refractivity contribution is -0.120. The third-order valence-corrected chi connectivity index (χ3v) is 5.29. The molecule has 1 heterocycles. The van der Waals surface area contributed by atoms with Gasteiger partial charge in [0.05, 0.1) is 10.2 Å². The minimum atomic E-state index is -0.299. The van der Waals surface area contributed by atoms with Crippen LogP contribution in [0.4, 0.5) is 0 Å². The maximum atomic E-state index is 12.3. The number of amides is 1. The predicted octanol–water partition coefficient (Wildman–Crippen LogP) is 4.83. The lowest BCUT2D eigenvalue weighted by atomic mass is 10.2. The first kappa shape index (κ1) is 18.7. The lowest BCUT2D eigenvalue weighted by Crippen LogP contribution is -2.19. The second kappa shape index (κ2) is 8.52. The minimum Gasteiger partial charge on any atom is -0.484 e. The molecule has 0 atom stereocenters. The summed E-state index contributed by atoms with van der Waals surface area (Å²) in [5, 5.41) is 0.630. The van der Waals surface area contributed by atoms with Crippen molar-refractivity contribution < 1.29 is 9.53 Å². The molecule has 136 valence electrons. The molecule has 0 radical (unpaired) electrons. The van der Waals surface area contributed by atoms with Crippen LogP contribution >= 0.6 is 22.9 Å². The van der Waals surface area contributed by atoms with Gasteiger partial charge in [-0.2, -0.15) is 4.99 Å². The number of hydrogen-bond acceptors (Lipinski definition) is 3. The first-order valence-corrected chi connectivity index (χ1v) is 9.88. The monoisotopic (exact) mass is 388 g/mol. The van der Waals surface area contributed by atoms with Gasteiger partial charge in [0.15, 0.2) is 11.4 Å². The quantitative estimate of drug-likeness (QED) is 0.606. The van der Waals surface area contributed by atoms with Crippen molar-refractivity contribution in [2.45, 2.75) is 33.2 Å². The Morgan fingerprint density at radius 3 is 2.65 bits per heavy atom. The summed E-state index contributed by atoms with van der Waals surface area (Å²) >= 11 is 7.39. The van der Waals surface area contributed by atoms with Gasteiger partial charge < -0.3 is 9.30 Å². The molecule has 0 aliphatic heterocycles. The molecule has 0 saturated carbocycles. The molecular weight excluding hydrogens is 368 g/mol. The molecule has 26 heavy (non-hydrogen) atoms. The van der Waals surface area contributed by atoms with Crippen LogP contribution < -0.4 is 9.54 Å². The Labute approximate surface area is 161 Å². The highest BCUT2D eigenvalue weighted by molar-refractivity contribution is 7.16.